The van der Waals surface area contributed by atoms with Crippen LogP contribution >= 0.6 is 0 Å². The summed E-state index contributed by atoms with van der Waals surface area (Å²) in [6.45, 7) is 8.29. The van der Waals surface area contributed by atoms with Crippen molar-refractivity contribution in [2.24, 2.45) is 0 Å². The summed E-state index contributed by atoms with van der Waals surface area (Å²) in [6.07, 6.45) is 7.33. The van der Waals surface area contributed by atoms with E-state index < -0.39 is 0 Å². The Morgan fingerprint density at radius 2 is 2.07 bits per heavy atom. The second-order valence-corrected chi connectivity index (χ2v) is 7.99. The Labute approximate surface area is 159 Å². The number of nitrogens with zero attached hydrogens (tertiary/aromatic N) is 5. The Bertz CT molecular complexity index is 927. The maximum Gasteiger partial charge on any atom is 0.276 e. The fourth-order valence-electron chi connectivity index (χ4n) is 4.37. The molecule has 1 amide bonds. The number of aromatic nitrogens is 4. The quantitative estimate of drug-likeness (QED) is 0.832. The van der Waals surface area contributed by atoms with Gasteiger partial charge >= 0.3 is 0 Å². The van der Waals surface area contributed by atoms with E-state index >= 15 is 0 Å². The predicted octanol–water partition coefficient (Wildman–Crippen LogP) is 2.30. The summed E-state index contributed by atoms with van der Waals surface area (Å²) in [4.78, 5) is 31.5. The van der Waals surface area contributed by atoms with Crippen LogP contribution in [0.15, 0.2) is 17.2 Å². The van der Waals surface area contributed by atoms with E-state index in [1.54, 1.807) is 6.20 Å². The van der Waals surface area contributed by atoms with Gasteiger partial charge in [-0.25, -0.2) is 0 Å². The lowest BCUT2D eigenvalue weighted by atomic mass is 9.91. The first kappa shape index (κ1) is 17.9. The summed E-state index contributed by atoms with van der Waals surface area (Å²) >= 11 is 0. The van der Waals surface area contributed by atoms with Crippen LogP contribution in [0, 0.1) is 6.92 Å². The van der Waals surface area contributed by atoms with E-state index in [-0.39, 0.29) is 23.4 Å². The summed E-state index contributed by atoms with van der Waals surface area (Å²) in [5.74, 6) is 1.12. The van der Waals surface area contributed by atoms with E-state index in [2.05, 4.69) is 14.6 Å². The van der Waals surface area contributed by atoms with Crippen molar-refractivity contribution in [3.05, 3.63) is 45.4 Å². The molecule has 0 bridgehead atoms. The highest BCUT2D eigenvalue weighted by Crippen LogP contribution is 2.31. The van der Waals surface area contributed by atoms with E-state index in [0.717, 1.165) is 55.9 Å². The van der Waals surface area contributed by atoms with Crippen LogP contribution in [-0.2, 0) is 13.0 Å². The molecule has 1 atom stereocenters. The number of hydrogen-bond donors (Lipinski definition) is 0. The first-order valence-electron chi connectivity index (χ1n) is 9.89. The van der Waals surface area contributed by atoms with Gasteiger partial charge in [0.05, 0.1) is 11.8 Å². The smallest absolute Gasteiger partial charge is 0.276 e. The topological polar surface area (TPSA) is 73.0 Å². The van der Waals surface area contributed by atoms with E-state index in [1.807, 2.05) is 36.5 Å². The lowest BCUT2D eigenvalue weighted by molar-refractivity contribution is 0.0704. The Morgan fingerprint density at radius 1 is 1.26 bits per heavy atom. The summed E-state index contributed by atoms with van der Waals surface area (Å²) in [5, 5.41) is 4.30. The number of aryl methyl sites for hydroxylation is 1. The molecule has 0 aromatic carbocycles. The number of piperidine rings is 1. The third-order valence-corrected chi connectivity index (χ3v) is 5.79. The Kier molecular flexibility index (Phi) is 4.61. The molecule has 0 N–H and O–H groups in total. The summed E-state index contributed by atoms with van der Waals surface area (Å²) in [5.41, 5.74) is 2.36. The standard InChI is InChI=1S/C20H27N5O2/c1-13(2)25-12-16(10-21-25)20(27)23-8-4-6-15(11-23)18-14(3)19(26)22-17-7-5-9-24(17)18/h10,12-13,15H,4-9,11H2,1-3H3/t15-/m1/s1. The van der Waals surface area contributed by atoms with Gasteiger partial charge in [-0.3, -0.25) is 14.3 Å². The van der Waals surface area contributed by atoms with E-state index in [1.165, 1.54) is 0 Å². The van der Waals surface area contributed by atoms with Crippen molar-refractivity contribution in [3.8, 4) is 0 Å². The zero-order chi connectivity index (χ0) is 19.1. The van der Waals surface area contributed by atoms with Gasteiger partial charge in [0.2, 0.25) is 0 Å². The van der Waals surface area contributed by atoms with Crippen molar-refractivity contribution in [1.82, 2.24) is 24.2 Å². The lowest BCUT2D eigenvalue weighted by Crippen LogP contribution is -2.40. The van der Waals surface area contributed by atoms with E-state index in [9.17, 15) is 9.59 Å². The highest BCUT2D eigenvalue weighted by atomic mass is 16.2. The first-order valence-corrected chi connectivity index (χ1v) is 9.89. The van der Waals surface area contributed by atoms with Crippen molar-refractivity contribution < 1.29 is 4.79 Å². The maximum absolute atomic E-state index is 13.0. The van der Waals surface area contributed by atoms with Crippen LogP contribution in [0.1, 0.15) is 72.5 Å². The van der Waals surface area contributed by atoms with Crippen LogP contribution in [0.5, 0.6) is 0 Å². The van der Waals surface area contributed by atoms with Crippen LogP contribution in [0.3, 0.4) is 0 Å². The molecule has 4 rings (SSSR count). The minimum absolute atomic E-state index is 0.0299. The van der Waals surface area contributed by atoms with Gasteiger partial charge in [0.25, 0.3) is 11.5 Å². The molecule has 2 aromatic heterocycles. The molecule has 27 heavy (non-hydrogen) atoms. The molecular weight excluding hydrogens is 342 g/mol. The second-order valence-electron chi connectivity index (χ2n) is 7.99. The molecule has 2 aliphatic heterocycles. The van der Waals surface area contributed by atoms with Crippen LogP contribution in [0.25, 0.3) is 0 Å². The van der Waals surface area contributed by atoms with Gasteiger partial charge < -0.3 is 9.47 Å². The number of carbonyl (C=O) groups excluding carboxylic acids is 1. The van der Waals surface area contributed by atoms with Gasteiger partial charge in [-0.2, -0.15) is 10.1 Å². The minimum Gasteiger partial charge on any atom is -0.338 e. The fraction of sp³-hybridized carbons (Fsp3) is 0.600. The van der Waals surface area contributed by atoms with Gasteiger partial charge in [-0.05, 0) is 40.0 Å². The van der Waals surface area contributed by atoms with Crippen molar-refractivity contribution in [2.45, 2.75) is 65.0 Å². The van der Waals surface area contributed by atoms with Crippen molar-refractivity contribution >= 4 is 5.91 Å². The number of rotatable bonds is 3. The third kappa shape index (κ3) is 3.19. The Hall–Kier alpha value is -2.44. The van der Waals surface area contributed by atoms with Gasteiger partial charge in [0, 0.05) is 55.5 Å². The zero-order valence-corrected chi connectivity index (χ0v) is 16.3. The number of hydrogen-bond acceptors (Lipinski definition) is 4. The number of amides is 1. The molecule has 7 nitrogen and oxygen atoms in total. The third-order valence-electron chi connectivity index (χ3n) is 5.79. The van der Waals surface area contributed by atoms with Gasteiger partial charge in [-0.1, -0.05) is 0 Å². The molecule has 0 spiro atoms. The van der Waals surface area contributed by atoms with Crippen LogP contribution in [-0.4, -0.2) is 43.2 Å². The molecule has 1 fully saturated rings. The Morgan fingerprint density at radius 3 is 2.81 bits per heavy atom. The molecule has 0 aliphatic carbocycles. The molecule has 0 saturated carbocycles. The van der Waals surface area contributed by atoms with Crippen molar-refractivity contribution in [1.29, 1.82) is 0 Å². The fourth-order valence-corrected chi connectivity index (χ4v) is 4.37. The molecule has 2 aliphatic rings. The summed E-state index contributed by atoms with van der Waals surface area (Å²) in [6, 6.07) is 0.231. The second kappa shape index (κ2) is 6.94. The van der Waals surface area contributed by atoms with E-state index in [4.69, 9.17) is 0 Å². The zero-order valence-electron chi connectivity index (χ0n) is 16.3. The monoisotopic (exact) mass is 369 g/mol. The van der Waals surface area contributed by atoms with Crippen molar-refractivity contribution in [2.75, 3.05) is 13.1 Å². The van der Waals surface area contributed by atoms with Crippen LogP contribution in [0.2, 0.25) is 0 Å². The molecule has 1 saturated heterocycles. The maximum atomic E-state index is 13.0. The largest absolute Gasteiger partial charge is 0.338 e. The van der Waals surface area contributed by atoms with Gasteiger partial charge in [-0.15, -0.1) is 0 Å². The molecule has 0 unspecified atom stereocenters. The highest BCUT2D eigenvalue weighted by Gasteiger charge is 2.31. The first-order chi connectivity index (χ1) is 13.0. The van der Waals surface area contributed by atoms with Gasteiger partial charge in [0.15, 0.2) is 0 Å². The number of carbonyl (C=O) groups is 1. The van der Waals surface area contributed by atoms with Gasteiger partial charge in [0.1, 0.15) is 5.82 Å². The molecular formula is C20H27N5O2. The molecule has 4 heterocycles. The average Bonchev–Trinajstić information content (AvgIpc) is 3.31. The normalized spacial score (nSPS) is 19.6. The predicted molar refractivity (Wildman–Crippen MR) is 102 cm³/mol. The molecule has 0 radical (unpaired) electrons. The molecule has 144 valence electrons. The van der Waals surface area contributed by atoms with Crippen LogP contribution in [0.4, 0.5) is 0 Å². The Balaban J connectivity index is 1.60. The SMILES string of the molecule is Cc1c([C@@H]2CCCN(C(=O)c3cnn(C(C)C)c3)C2)n2c(nc1=O)CCC2. The molecule has 7 heteroatoms. The average molecular weight is 369 g/mol. The van der Waals surface area contributed by atoms with E-state index in [0.29, 0.717) is 12.1 Å². The molecule has 2 aromatic rings. The summed E-state index contributed by atoms with van der Waals surface area (Å²) < 4.78 is 4.04. The van der Waals surface area contributed by atoms with Crippen molar-refractivity contribution in [3.63, 3.8) is 0 Å². The lowest BCUT2D eigenvalue weighted by Gasteiger charge is -2.34. The minimum atomic E-state index is -0.111. The summed E-state index contributed by atoms with van der Waals surface area (Å²) in [7, 11) is 0. The highest BCUT2D eigenvalue weighted by molar-refractivity contribution is 5.93. The number of likely N-dealkylation sites (tertiary alicyclic amines) is 1. The van der Waals surface area contributed by atoms with Crippen LogP contribution < -0.4 is 5.56 Å². The number of fused-ring (bicyclic) bond motifs is 1.